The van der Waals surface area contributed by atoms with E-state index < -0.39 is 5.97 Å². The maximum atomic E-state index is 13.2. The molecule has 0 radical (unpaired) electrons. The molecule has 1 aliphatic carbocycles. The number of carbonyl (C=O) groups excluding carboxylic acids is 1. The van der Waals surface area contributed by atoms with Crippen LogP contribution in [0.1, 0.15) is 85.1 Å². The number of rotatable bonds is 14. The number of imidazole rings is 1. The van der Waals surface area contributed by atoms with E-state index in [2.05, 4.69) is 35.1 Å². The molecule has 0 unspecified atom stereocenters. The molecule has 2 N–H and O–H groups in total. The summed E-state index contributed by atoms with van der Waals surface area (Å²) >= 11 is 12.8. The number of nitrogens with one attached hydrogen (secondary N) is 1. The molecule has 1 aromatic heterocycles. The van der Waals surface area contributed by atoms with E-state index in [-0.39, 0.29) is 23.3 Å². The van der Waals surface area contributed by atoms with Crippen LogP contribution in [0.2, 0.25) is 10.0 Å². The molecule has 1 amide bonds. The number of halogens is 2. The molecule has 4 aromatic rings. The first-order valence-electron chi connectivity index (χ1n) is 16.1. The Balaban J connectivity index is 1.36. The Labute approximate surface area is 280 Å². The lowest BCUT2D eigenvalue weighted by atomic mass is 9.88. The van der Waals surface area contributed by atoms with Gasteiger partial charge in [0.1, 0.15) is 18.2 Å². The fourth-order valence-electron chi connectivity index (χ4n) is 5.99. The fraction of sp³-hybridized carbons (Fsp3) is 0.378. The van der Waals surface area contributed by atoms with Crippen LogP contribution in [0.25, 0.3) is 11.3 Å². The van der Waals surface area contributed by atoms with Crippen molar-refractivity contribution >= 4 is 35.1 Å². The van der Waals surface area contributed by atoms with Gasteiger partial charge in [-0.15, -0.1) is 0 Å². The van der Waals surface area contributed by atoms with Gasteiger partial charge in [0.15, 0.2) is 0 Å². The van der Waals surface area contributed by atoms with Gasteiger partial charge >= 0.3 is 5.97 Å². The average molecular weight is 663 g/mol. The summed E-state index contributed by atoms with van der Waals surface area (Å²) in [4.78, 5) is 29.5. The van der Waals surface area contributed by atoms with Crippen LogP contribution in [0.5, 0.6) is 5.75 Å². The van der Waals surface area contributed by atoms with Gasteiger partial charge in [0.05, 0.1) is 16.3 Å². The molecule has 46 heavy (non-hydrogen) atoms. The lowest BCUT2D eigenvalue weighted by Gasteiger charge is -2.23. The van der Waals surface area contributed by atoms with E-state index in [4.69, 9.17) is 38.0 Å². The molecule has 1 aliphatic rings. The molecule has 1 saturated carbocycles. The van der Waals surface area contributed by atoms with E-state index in [1.165, 1.54) is 6.42 Å². The third kappa shape index (κ3) is 8.92. The molecule has 3 aromatic carbocycles. The van der Waals surface area contributed by atoms with Gasteiger partial charge in [-0.3, -0.25) is 4.79 Å². The van der Waals surface area contributed by atoms with Crippen LogP contribution in [-0.4, -0.2) is 33.1 Å². The summed E-state index contributed by atoms with van der Waals surface area (Å²) in [7, 11) is 0. The molecule has 5 rings (SSSR count). The number of aryl methyl sites for hydroxylation is 1. The molecule has 1 atom stereocenters. The number of benzene rings is 3. The first kappa shape index (κ1) is 33.6. The Hall–Kier alpha value is -3.81. The quantitative estimate of drug-likeness (QED) is 0.141. The highest BCUT2D eigenvalue weighted by Crippen LogP contribution is 2.32. The Morgan fingerprint density at radius 1 is 1.00 bits per heavy atom. The minimum absolute atomic E-state index is 0.0660. The predicted molar refractivity (Wildman–Crippen MR) is 183 cm³/mol. The third-order valence-electron chi connectivity index (χ3n) is 8.64. The van der Waals surface area contributed by atoms with Crippen molar-refractivity contribution < 1.29 is 19.4 Å². The number of aromatic nitrogens is 2. The zero-order valence-corrected chi connectivity index (χ0v) is 27.7. The number of carbonyl (C=O) groups is 2. The molecular formula is C37H41Cl2N3O4. The lowest BCUT2D eigenvalue weighted by molar-refractivity contribution is -0.126. The number of hydrogen-bond donors (Lipinski definition) is 2. The number of amides is 1. The van der Waals surface area contributed by atoms with Crippen molar-refractivity contribution in [3.05, 3.63) is 105 Å². The van der Waals surface area contributed by atoms with Gasteiger partial charge in [0.2, 0.25) is 5.91 Å². The second-order valence-corrected chi connectivity index (χ2v) is 12.9. The summed E-state index contributed by atoms with van der Waals surface area (Å²) < 4.78 is 8.19. The molecule has 0 aliphatic heterocycles. The number of carboxylic acid groups (broad SMARTS) is 1. The number of carboxylic acids is 1. The molecule has 7 nitrogen and oxygen atoms in total. The summed E-state index contributed by atoms with van der Waals surface area (Å²) in [5.74, 6) is 0.837. The minimum Gasteiger partial charge on any atom is -0.489 e. The normalized spacial score (nSPS) is 14.2. The van der Waals surface area contributed by atoms with Gasteiger partial charge in [-0.2, -0.15) is 0 Å². The van der Waals surface area contributed by atoms with E-state index >= 15 is 0 Å². The Morgan fingerprint density at radius 3 is 2.39 bits per heavy atom. The zero-order chi connectivity index (χ0) is 32.5. The molecule has 1 heterocycles. The van der Waals surface area contributed by atoms with E-state index in [1.807, 2.05) is 24.3 Å². The van der Waals surface area contributed by atoms with Crippen molar-refractivity contribution in [2.24, 2.45) is 5.92 Å². The smallest absolute Gasteiger partial charge is 0.335 e. The zero-order valence-electron chi connectivity index (χ0n) is 26.2. The maximum absolute atomic E-state index is 13.2. The van der Waals surface area contributed by atoms with E-state index in [1.54, 1.807) is 30.3 Å². The Morgan fingerprint density at radius 2 is 1.72 bits per heavy atom. The standard InChI is InChI=1S/C37H41Cl2N3O4/c1-2-3-19-42-23-34(32-18-15-30(38)21-33(32)39)41-35(42)29(22-40-36(43)27-7-5-4-6-8-27)20-25-11-16-31(17-12-25)46-24-26-9-13-28(14-10-26)37(44)45/h9-18,21,23,27,29H,2-8,19-20,22,24H2,1H3,(H,40,43)(H,44,45)/t29-/m1/s1. The second-order valence-electron chi connectivity index (χ2n) is 12.1. The van der Waals surface area contributed by atoms with Crippen molar-refractivity contribution in [2.75, 3.05) is 6.54 Å². The lowest BCUT2D eigenvalue weighted by Crippen LogP contribution is -2.36. The van der Waals surface area contributed by atoms with Crippen LogP contribution in [0.4, 0.5) is 0 Å². The molecular weight excluding hydrogens is 621 g/mol. The highest BCUT2D eigenvalue weighted by atomic mass is 35.5. The second kappa shape index (κ2) is 16.1. The van der Waals surface area contributed by atoms with E-state index in [9.17, 15) is 9.59 Å². The highest BCUT2D eigenvalue weighted by molar-refractivity contribution is 6.36. The van der Waals surface area contributed by atoms with Crippen molar-refractivity contribution in [3.63, 3.8) is 0 Å². The summed E-state index contributed by atoms with van der Waals surface area (Å²) in [6.07, 6.45) is 10.1. The van der Waals surface area contributed by atoms with Crippen molar-refractivity contribution in [1.82, 2.24) is 14.9 Å². The summed E-state index contributed by atoms with van der Waals surface area (Å²) in [5.41, 5.74) is 3.85. The molecule has 9 heteroatoms. The Kier molecular flexibility index (Phi) is 11.8. The maximum Gasteiger partial charge on any atom is 0.335 e. The summed E-state index contributed by atoms with van der Waals surface area (Å²) in [6, 6.07) is 20.1. The summed E-state index contributed by atoms with van der Waals surface area (Å²) in [6.45, 7) is 3.80. The monoisotopic (exact) mass is 661 g/mol. The SMILES string of the molecule is CCCCn1cc(-c2ccc(Cl)cc2Cl)nc1[C@@H](CNC(=O)C1CCCCC1)Cc1ccc(OCc2ccc(C(=O)O)cc2)cc1. The van der Waals surface area contributed by atoms with Crippen LogP contribution in [0, 0.1) is 5.92 Å². The minimum atomic E-state index is -0.951. The number of ether oxygens (including phenoxy) is 1. The predicted octanol–water partition coefficient (Wildman–Crippen LogP) is 8.96. The first-order chi connectivity index (χ1) is 22.3. The van der Waals surface area contributed by atoms with Gasteiger partial charge in [-0.1, -0.05) is 80.1 Å². The van der Waals surface area contributed by atoms with Gasteiger partial charge in [-0.05, 0) is 79.3 Å². The third-order valence-corrected chi connectivity index (χ3v) is 9.19. The molecule has 242 valence electrons. The average Bonchev–Trinajstić information content (AvgIpc) is 3.49. The van der Waals surface area contributed by atoms with E-state index in [0.717, 1.165) is 79.0 Å². The summed E-state index contributed by atoms with van der Waals surface area (Å²) in [5, 5.41) is 13.5. The van der Waals surface area contributed by atoms with Crippen LogP contribution < -0.4 is 10.1 Å². The first-order valence-corrected chi connectivity index (χ1v) is 16.9. The van der Waals surface area contributed by atoms with Crippen LogP contribution in [0.15, 0.2) is 72.9 Å². The van der Waals surface area contributed by atoms with Gasteiger partial charge in [0.25, 0.3) is 0 Å². The molecule has 0 spiro atoms. The number of hydrogen-bond acceptors (Lipinski definition) is 4. The van der Waals surface area contributed by atoms with Crippen LogP contribution in [-0.2, 0) is 24.4 Å². The largest absolute Gasteiger partial charge is 0.489 e. The van der Waals surface area contributed by atoms with Gasteiger partial charge in [-0.25, -0.2) is 9.78 Å². The number of unbranched alkanes of at least 4 members (excludes halogenated alkanes) is 1. The van der Waals surface area contributed by atoms with Gasteiger partial charge < -0.3 is 19.7 Å². The van der Waals surface area contributed by atoms with Crippen molar-refractivity contribution in [3.8, 4) is 17.0 Å². The van der Waals surface area contributed by atoms with Crippen LogP contribution >= 0.6 is 23.2 Å². The highest BCUT2D eigenvalue weighted by Gasteiger charge is 2.25. The van der Waals surface area contributed by atoms with Crippen LogP contribution in [0.3, 0.4) is 0 Å². The Bertz CT molecular complexity index is 1610. The van der Waals surface area contributed by atoms with Gasteiger partial charge in [0, 0.05) is 41.7 Å². The molecule has 0 saturated heterocycles. The molecule has 0 bridgehead atoms. The van der Waals surface area contributed by atoms with Crippen molar-refractivity contribution in [1.29, 1.82) is 0 Å². The fourth-order valence-corrected chi connectivity index (χ4v) is 6.50. The van der Waals surface area contributed by atoms with E-state index in [0.29, 0.717) is 29.6 Å². The molecule has 1 fully saturated rings. The van der Waals surface area contributed by atoms with Crippen molar-refractivity contribution in [2.45, 2.75) is 77.4 Å². The number of nitrogens with zero attached hydrogens (tertiary/aromatic N) is 2. The number of aromatic carboxylic acids is 1. The topological polar surface area (TPSA) is 93.5 Å².